The molecule has 5 rings (SSSR count). The minimum absolute atomic E-state index is 0.136. The molecule has 1 atom stereocenters. The molecule has 2 aromatic carbocycles. The average Bonchev–Trinajstić information content (AvgIpc) is 3.30. The molecule has 0 amide bonds. The number of nitro groups is 1. The van der Waals surface area contributed by atoms with Crippen LogP contribution in [0.3, 0.4) is 0 Å². The van der Waals surface area contributed by atoms with Crippen LogP contribution in [0.25, 0.3) is 10.9 Å². The molecule has 0 N–H and O–H groups in total. The number of benzene rings is 2. The van der Waals surface area contributed by atoms with Crippen molar-refractivity contribution in [1.82, 2.24) is 4.98 Å². The number of para-hydroxylation sites is 1. The summed E-state index contributed by atoms with van der Waals surface area (Å²) in [7, 11) is 0. The lowest BCUT2D eigenvalue weighted by Gasteiger charge is -2.32. The summed E-state index contributed by atoms with van der Waals surface area (Å²) in [5.74, 6) is 0.176. The molecule has 0 saturated carbocycles. The number of aryl methyl sites for hydroxylation is 1. The van der Waals surface area contributed by atoms with Gasteiger partial charge in [-0.05, 0) is 24.5 Å². The summed E-state index contributed by atoms with van der Waals surface area (Å²) in [5, 5.41) is 22.2. The lowest BCUT2D eigenvalue weighted by molar-refractivity contribution is -0.385. The van der Waals surface area contributed by atoms with Crippen molar-refractivity contribution >= 4 is 28.0 Å². The van der Waals surface area contributed by atoms with Gasteiger partial charge < -0.3 is 14.4 Å². The van der Waals surface area contributed by atoms with Crippen molar-refractivity contribution in [1.29, 1.82) is 5.26 Å². The normalized spacial score (nSPS) is 17.9. The lowest BCUT2D eigenvalue weighted by atomic mass is 9.99. The van der Waals surface area contributed by atoms with E-state index in [1.54, 1.807) is 6.07 Å². The number of fused-ring (bicyclic) bond motifs is 2. The number of hydrogen-bond acceptors (Lipinski definition) is 7. The van der Waals surface area contributed by atoms with E-state index in [0.29, 0.717) is 41.8 Å². The maximum absolute atomic E-state index is 11.9. The first-order valence-corrected chi connectivity index (χ1v) is 10.3. The number of rotatable bonds is 4. The Morgan fingerprint density at radius 1 is 1.32 bits per heavy atom. The van der Waals surface area contributed by atoms with E-state index in [1.165, 1.54) is 17.8 Å². The number of pyridine rings is 1. The van der Waals surface area contributed by atoms with Gasteiger partial charge in [0.2, 0.25) is 0 Å². The molecule has 8 heteroatoms. The fourth-order valence-corrected chi connectivity index (χ4v) is 4.36. The van der Waals surface area contributed by atoms with Crippen molar-refractivity contribution in [3.8, 4) is 11.8 Å². The van der Waals surface area contributed by atoms with E-state index in [2.05, 4.69) is 22.0 Å². The third-order valence-electron chi connectivity index (χ3n) is 5.80. The Kier molecular flexibility index (Phi) is 4.88. The second kappa shape index (κ2) is 7.85. The summed E-state index contributed by atoms with van der Waals surface area (Å²) in [6, 6.07) is 13.4. The molecule has 2 aliphatic rings. The maximum atomic E-state index is 11.9. The third kappa shape index (κ3) is 3.43. The van der Waals surface area contributed by atoms with Crippen molar-refractivity contribution in [2.45, 2.75) is 25.4 Å². The molecule has 156 valence electrons. The van der Waals surface area contributed by atoms with Crippen molar-refractivity contribution < 1.29 is 14.4 Å². The van der Waals surface area contributed by atoms with E-state index in [0.717, 1.165) is 25.1 Å². The molecule has 3 aromatic rings. The molecule has 1 saturated heterocycles. The van der Waals surface area contributed by atoms with E-state index >= 15 is 0 Å². The van der Waals surface area contributed by atoms with Crippen molar-refractivity contribution in [2.24, 2.45) is 0 Å². The van der Waals surface area contributed by atoms with Crippen molar-refractivity contribution in [3.05, 3.63) is 63.8 Å². The number of nitro benzene ring substituents is 1. The standard InChI is InChI=1S/C23H20N4O4/c24-12-16-13-25-19-11-22(31-17-7-9-30-14-17)21(27(28)29)10-18(19)23(16)26-8-3-5-15-4-1-2-6-20(15)26/h1-2,4,6,10-11,13,17H,3,5,7-9,14H2. The number of hydrogen-bond donors (Lipinski definition) is 0. The van der Waals surface area contributed by atoms with Crippen LogP contribution in [-0.2, 0) is 11.2 Å². The van der Waals surface area contributed by atoms with Crippen LogP contribution in [0, 0.1) is 21.4 Å². The molecule has 31 heavy (non-hydrogen) atoms. The molecule has 0 aliphatic carbocycles. The van der Waals surface area contributed by atoms with Crippen LogP contribution in [-0.4, -0.2) is 35.8 Å². The molecular formula is C23H20N4O4. The highest BCUT2D eigenvalue weighted by molar-refractivity contribution is 5.99. The van der Waals surface area contributed by atoms with E-state index in [9.17, 15) is 15.4 Å². The summed E-state index contributed by atoms with van der Waals surface area (Å²) >= 11 is 0. The number of ether oxygens (including phenoxy) is 2. The van der Waals surface area contributed by atoms with Crippen LogP contribution in [0.4, 0.5) is 17.1 Å². The van der Waals surface area contributed by atoms with Crippen LogP contribution in [0.5, 0.6) is 5.75 Å². The first-order valence-electron chi connectivity index (χ1n) is 10.3. The first-order chi connectivity index (χ1) is 15.2. The zero-order chi connectivity index (χ0) is 21.4. The SMILES string of the molecule is N#Cc1cnc2cc(OC3CCOC3)c([N+](=O)[O-])cc2c1N1CCCc2ccccc21. The Bertz CT molecular complexity index is 1210. The molecule has 2 aliphatic heterocycles. The Labute approximate surface area is 178 Å². The molecular weight excluding hydrogens is 396 g/mol. The second-order valence-electron chi connectivity index (χ2n) is 7.71. The van der Waals surface area contributed by atoms with Gasteiger partial charge in [0.05, 0.1) is 34.9 Å². The number of nitrogens with zero attached hydrogens (tertiary/aromatic N) is 4. The smallest absolute Gasteiger partial charge is 0.311 e. The minimum atomic E-state index is -0.447. The highest BCUT2D eigenvalue weighted by Crippen LogP contribution is 2.42. The van der Waals surface area contributed by atoms with E-state index in [1.807, 2.05) is 18.2 Å². The van der Waals surface area contributed by atoms with Crippen LogP contribution in [0.15, 0.2) is 42.6 Å². The molecule has 8 nitrogen and oxygen atoms in total. The van der Waals surface area contributed by atoms with Gasteiger partial charge in [0.1, 0.15) is 12.2 Å². The predicted octanol–water partition coefficient (Wildman–Crippen LogP) is 4.27. The maximum Gasteiger partial charge on any atom is 0.311 e. The predicted molar refractivity (Wildman–Crippen MR) is 115 cm³/mol. The largest absolute Gasteiger partial charge is 0.481 e. The van der Waals surface area contributed by atoms with Crippen LogP contribution in [0.1, 0.15) is 24.0 Å². The number of aromatic nitrogens is 1. The molecule has 1 unspecified atom stereocenters. The fraction of sp³-hybridized carbons (Fsp3) is 0.304. The van der Waals surface area contributed by atoms with Gasteiger partial charge in [-0.2, -0.15) is 5.26 Å². The van der Waals surface area contributed by atoms with Gasteiger partial charge in [0.25, 0.3) is 0 Å². The van der Waals surface area contributed by atoms with Crippen molar-refractivity contribution in [2.75, 3.05) is 24.7 Å². The van der Waals surface area contributed by atoms with E-state index in [4.69, 9.17) is 9.47 Å². The minimum Gasteiger partial charge on any atom is -0.481 e. The highest BCUT2D eigenvalue weighted by Gasteiger charge is 2.27. The molecule has 3 heterocycles. The van der Waals surface area contributed by atoms with E-state index < -0.39 is 4.92 Å². The van der Waals surface area contributed by atoms with Gasteiger partial charge in [0, 0.05) is 42.4 Å². The van der Waals surface area contributed by atoms with Crippen LogP contribution < -0.4 is 9.64 Å². The first kappa shape index (κ1) is 19.3. The fourth-order valence-electron chi connectivity index (χ4n) is 4.36. The lowest BCUT2D eigenvalue weighted by Crippen LogP contribution is -2.25. The summed E-state index contributed by atoms with van der Waals surface area (Å²) < 4.78 is 11.2. The summed E-state index contributed by atoms with van der Waals surface area (Å²) in [6.07, 6.45) is 3.88. The van der Waals surface area contributed by atoms with Gasteiger partial charge in [0.15, 0.2) is 5.75 Å². The van der Waals surface area contributed by atoms with Gasteiger partial charge in [-0.1, -0.05) is 18.2 Å². The topological polar surface area (TPSA) is 102 Å². The Morgan fingerprint density at radius 3 is 2.97 bits per heavy atom. The van der Waals surface area contributed by atoms with E-state index in [-0.39, 0.29) is 17.5 Å². The second-order valence-corrected chi connectivity index (χ2v) is 7.71. The zero-order valence-electron chi connectivity index (χ0n) is 16.8. The van der Waals surface area contributed by atoms with Gasteiger partial charge >= 0.3 is 5.69 Å². The quantitative estimate of drug-likeness (QED) is 0.462. The zero-order valence-corrected chi connectivity index (χ0v) is 16.8. The van der Waals surface area contributed by atoms with Crippen LogP contribution >= 0.6 is 0 Å². The Morgan fingerprint density at radius 2 is 2.19 bits per heavy atom. The van der Waals surface area contributed by atoms with Crippen molar-refractivity contribution in [3.63, 3.8) is 0 Å². The van der Waals surface area contributed by atoms with Gasteiger partial charge in [-0.15, -0.1) is 0 Å². The van der Waals surface area contributed by atoms with Crippen LogP contribution in [0.2, 0.25) is 0 Å². The summed E-state index contributed by atoms with van der Waals surface area (Å²) in [4.78, 5) is 17.9. The summed E-state index contributed by atoms with van der Waals surface area (Å²) in [6.45, 7) is 1.70. The highest BCUT2D eigenvalue weighted by atomic mass is 16.6. The molecule has 1 fully saturated rings. The van der Waals surface area contributed by atoms with Gasteiger partial charge in [-0.25, -0.2) is 0 Å². The average molecular weight is 416 g/mol. The number of anilines is 2. The molecule has 0 spiro atoms. The number of nitriles is 1. The summed E-state index contributed by atoms with van der Waals surface area (Å²) in [5.41, 5.74) is 3.66. The third-order valence-corrected chi connectivity index (χ3v) is 5.80. The Hall–Kier alpha value is -3.70. The monoisotopic (exact) mass is 416 g/mol. The molecule has 0 radical (unpaired) electrons. The molecule has 0 bridgehead atoms. The van der Waals surface area contributed by atoms with Gasteiger partial charge in [-0.3, -0.25) is 15.1 Å². The Balaban J connectivity index is 1.70. The molecule has 1 aromatic heterocycles.